The molecule has 0 bridgehead atoms. The summed E-state index contributed by atoms with van der Waals surface area (Å²) in [5, 5.41) is 5.69. The van der Waals surface area contributed by atoms with E-state index in [9.17, 15) is 14.4 Å². The van der Waals surface area contributed by atoms with E-state index in [0.29, 0.717) is 24.5 Å². The van der Waals surface area contributed by atoms with Gasteiger partial charge in [0, 0.05) is 36.5 Å². The van der Waals surface area contributed by atoms with Crippen LogP contribution in [0.2, 0.25) is 0 Å². The van der Waals surface area contributed by atoms with E-state index in [1.54, 1.807) is 41.1 Å². The molecule has 1 fully saturated rings. The fourth-order valence-electron chi connectivity index (χ4n) is 3.20. The van der Waals surface area contributed by atoms with Crippen molar-refractivity contribution in [2.24, 2.45) is 5.92 Å². The number of carbonyl (C=O) groups excluding carboxylic acids is 2. The summed E-state index contributed by atoms with van der Waals surface area (Å²) in [7, 11) is 0. The average Bonchev–Trinajstić information content (AvgIpc) is 3.65. The molecule has 1 saturated carbocycles. The minimum absolute atomic E-state index is 0.0294. The van der Waals surface area contributed by atoms with Crippen molar-refractivity contribution in [3.8, 4) is 5.75 Å². The number of pyridine rings is 1. The molecule has 3 aromatic rings. The molecule has 2 amide bonds. The second-order valence-electron chi connectivity index (χ2n) is 7.84. The average molecular weight is 431 g/mol. The van der Waals surface area contributed by atoms with Crippen LogP contribution in [0.25, 0.3) is 0 Å². The fraction of sp³-hybridized carbons (Fsp3) is 0.240. The summed E-state index contributed by atoms with van der Waals surface area (Å²) in [6, 6.07) is 19.9. The molecular formula is C25H25N3O4. The van der Waals surface area contributed by atoms with Crippen LogP contribution in [0.5, 0.6) is 5.75 Å². The first-order valence-electron chi connectivity index (χ1n) is 10.6. The zero-order chi connectivity index (χ0) is 22.3. The number of carbonyl (C=O) groups is 2. The minimum Gasteiger partial charge on any atom is -0.484 e. The Morgan fingerprint density at radius 1 is 0.969 bits per heavy atom. The van der Waals surface area contributed by atoms with Crippen LogP contribution in [0.3, 0.4) is 0 Å². The van der Waals surface area contributed by atoms with Crippen molar-refractivity contribution in [1.29, 1.82) is 0 Å². The van der Waals surface area contributed by atoms with Crippen molar-refractivity contribution in [2.45, 2.75) is 25.9 Å². The van der Waals surface area contributed by atoms with Crippen LogP contribution >= 0.6 is 0 Å². The molecule has 164 valence electrons. The molecule has 1 aliphatic carbocycles. The van der Waals surface area contributed by atoms with Crippen molar-refractivity contribution in [3.63, 3.8) is 0 Å². The van der Waals surface area contributed by atoms with Gasteiger partial charge in [-0.25, -0.2) is 0 Å². The van der Waals surface area contributed by atoms with Crippen LogP contribution in [-0.2, 0) is 22.7 Å². The van der Waals surface area contributed by atoms with Gasteiger partial charge in [-0.05, 0) is 42.2 Å². The van der Waals surface area contributed by atoms with Crippen LogP contribution < -0.4 is 20.9 Å². The van der Waals surface area contributed by atoms with Gasteiger partial charge < -0.3 is 19.9 Å². The maximum atomic E-state index is 12.2. The van der Waals surface area contributed by atoms with E-state index < -0.39 is 0 Å². The van der Waals surface area contributed by atoms with Crippen molar-refractivity contribution < 1.29 is 14.3 Å². The summed E-state index contributed by atoms with van der Waals surface area (Å²) in [6.07, 6.45) is 3.64. The Kier molecular flexibility index (Phi) is 6.65. The number of ether oxygens (including phenoxy) is 1. The highest BCUT2D eigenvalue weighted by Crippen LogP contribution is 2.30. The summed E-state index contributed by atoms with van der Waals surface area (Å²) in [6.45, 7) is 0.764. The second kappa shape index (κ2) is 9.96. The van der Waals surface area contributed by atoms with Crippen molar-refractivity contribution >= 4 is 17.5 Å². The summed E-state index contributed by atoms with van der Waals surface area (Å²) < 4.78 is 7.19. The van der Waals surface area contributed by atoms with Gasteiger partial charge in [0.15, 0.2) is 6.61 Å². The lowest BCUT2D eigenvalue weighted by atomic mass is 10.1. The summed E-state index contributed by atoms with van der Waals surface area (Å²) in [5.41, 5.74) is 2.58. The number of rotatable bonds is 9. The molecule has 7 heteroatoms. The molecule has 1 heterocycles. The van der Waals surface area contributed by atoms with Gasteiger partial charge >= 0.3 is 0 Å². The van der Waals surface area contributed by atoms with Gasteiger partial charge in [0.25, 0.3) is 11.5 Å². The van der Waals surface area contributed by atoms with Gasteiger partial charge in [-0.1, -0.05) is 36.4 Å². The molecule has 0 aliphatic heterocycles. The van der Waals surface area contributed by atoms with E-state index in [2.05, 4.69) is 10.6 Å². The predicted molar refractivity (Wildman–Crippen MR) is 121 cm³/mol. The standard InChI is InChI=1S/C25H25N3O4/c29-23(17-32-22-5-3-4-21(14-22)27-25(31)20-11-12-20)26-15-18-7-9-19(10-8-18)16-28-13-2-1-6-24(28)30/h1-10,13-14,20H,11-12,15-17H2,(H,26,29)(H,27,31). The highest BCUT2D eigenvalue weighted by molar-refractivity contribution is 5.94. The lowest BCUT2D eigenvalue weighted by molar-refractivity contribution is -0.123. The maximum Gasteiger partial charge on any atom is 0.258 e. The number of hydrogen-bond acceptors (Lipinski definition) is 4. The third-order valence-electron chi connectivity index (χ3n) is 5.18. The van der Waals surface area contributed by atoms with E-state index in [-0.39, 0.29) is 29.9 Å². The Labute approximate surface area is 186 Å². The molecule has 4 rings (SSSR count). The summed E-state index contributed by atoms with van der Waals surface area (Å²) >= 11 is 0. The fourth-order valence-corrected chi connectivity index (χ4v) is 3.20. The van der Waals surface area contributed by atoms with Crippen molar-refractivity contribution in [3.05, 3.63) is 94.4 Å². The van der Waals surface area contributed by atoms with Crippen LogP contribution in [0.15, 0.2) is 77.7 Å². The first-order chi connectivity index (χ1) is 15.6. The number of amides is 2. The number of nitrogens with zero attached hydrogens (tertiary/aromatic N) is 1. The SMILES string of the molecule is O=C(COc1cccc(NC(=O)C2CC2)c1)NCc1ccc(Cn2ccccc2=O)cc1. The Hall–Kier alpha value is -3.87. The third-order valence-corrected chi connectivity index (χ3v) is 5.18. The van der Waals surface area contributed by atoms with E-state index in [4.69, 9.17) is 4.74 Å². The normalized spacial score (nSPS) is 12.8. The van der Waals surface area contributed by atoms with Crippen molar-refractivity contribution in [1.82, 2.24) is 9.88 Å². The quantitative estimate of drug-likeness (QED) is 0.545. The topological polar surface area (TPSA) is 89.4 Å². The lowest BCUT2D eigenvalue weighted by Gasteiger charge is -2.10. The summed E-state index contributed by atoms with van der Waals surface area (Å²) in [5.74, 6) is 0.439. The molecule has 1 aliphatic rings. The van der Waals surface area contributed by atoms with Crippen LogP contribution in [0, 0.1) is 5.92 Å². The predicted octanol–water partition coefficient (Wildman–Crippen LogP) is 2.94. The lowest BCUT2D eigenvalue weighted by Crippen LogP contribution is -2.28. The number of benzene rings is 2. The zero-order valence-corrected chi connectivity index (χ0v) is 17.6. The van der Waals surface area contributed by atoms with Crippen LogP contribution in [-0.4, -0.2) is 23.0 Å². The van der Waals surface area contributed by atoms with Gasteiger partial charge in [-0.3, -0.25) is 14.4 Å². The van der Waals surface area contributed by atoms with Crippen LogP contribution in [0.4, 0.5) is 5.69 Å². The number of aromatic nitrogens is 1. The maximum absolute atomic E-state index is 12.2. The molecule has 1 aromatic heterocycles. The number of anilines is 1. The minimum atomic E-state index is -0.239. The van der Waals surface area contributed by atoms with E-state index in [1.807, 2.05) is 30.3 Å². The molecule has 0 unspecified atom stereocenters. The van der Waals surface area contributed by atoms with Gasteiger partial charge in [-0.15, -0.1) is 0 Å². The largest absolute Gasteiger partial charge is 0.484 e. The van der Waals surface area contributed by atoms with Gasteiger partial charge in [0.05, 0.1) is 6.54 Å². The Morgan fingerprint density at radius 2 is 1.75 bits per heavy atom. The summed E-state index contributed by atoms with van der Waals surface area (Å²) in [4.78, 5) is 35.8. The molecule has 0 spiro atoms. The Bertz CT molecular complexity index is 1150. The van der Waals surface area contributed by atoms with Gasteiger partial charge in [0.2, 0.25) is 5.91 Å². The molecule has 32 heavy (non-hydrogen) atoms. The van der Waals surface area contributed by atoms with E-state index >= 15 is 0 Å². The van der Waals surface area contributed by atoms with Gasteiger partial charge in [0.1, 0.15) is 5.75 Å². The Morgan fingerprint density at radius 3 is 2.50 bits per heavy atom. The zero-order valence-electron chi connectivity index (χ0n) is 17.6. The number of nitrogens with one attached hydrogen (secondary N) is 2. The second-order valence-corrected chi connectivity index (χ2v) is 7.84. The highest BCUT2D eigenvalue weighted by atomic mass is 16.5. The first-order valence-corrected chi connectivity index (χ1v) is 10.6. The Balaban J connectivity index is 1.22. The monoisotopic (exact) mass is 431 g/mol. The molecular weight excluding hydrogens is 406 g/mol. The molecule has 0 saturated heterocycles. The number of hydrogen-bond donors (Lipinski definition) is 2. The molecule has 7 nitrogen and oxygen atoms in total. The van der Waals surface area contributed by atoms with E-state index in [0.717, 1.165) is 24.0 Å². The molecule has 2 N–H and O–H groups in total. The third kappa shape index (κ3) is 6.07. The molecule has 2 aromatic carbocycles. The van der Waals surface area contributed by atoms with E-state index in [1.165, 1.54) is 6.07 Å². The highest BCUT2D eigenvalue weighted by Gasteiger charge is 2.29. The molecule has 0 radical (unpaired) electrons. The van der Waals surface area contributed by atoms with Crippen molar-refractivity contribution in [2.75, 3.05) is 11.9 Å². The molecule has 0 atom stereocenters. The first kappa shape index (κ1) is 21.4. The smallest absolute Gasteiger partial charge is 0.258 e. The van der Waals surface area contributed by atoms with Gasteiger partial charge in [-0.2, -0.15) is 0 Å². The van der Waals surface area contributed by atoms with Crippen LogP contribution in [0.1, 0.15) is 24.0 Å².